The van der Waals surface area contributed by atoms with Crippen LogP contribution in [0.3, 0.4) is 0 Å². The van der Waals surface area contributed by atoms with Crippen molar-refractivity contribution in [2.75, 3.05) is 4.90 Å². The van der Waals surface area contributed by atoms with Gasteiger partial charge >= 0.3 is 0 Å². The summed E-state index contributed by atoms with van der Waals surface area (Å²) in [6.07, 6.45) is 0. The van der Waals surface area contributed by atoms with Crippen molar-refractivity contribution in [1.29, 1.82) is 0 Å². The molecule has 0 saturated heterocycles. The molecule has 0 bridgehead atoms. The van der Waals surface area contributed by atoms with Crippen LogP contribution in [-0.4, -0.2) is 0 Å². The standard InChI is InChI=1S/C60H41N/c1-59(2)51-25-13-10-21-45(51)48-31-29-40(36-55(48)59)61(57-35-33-42(38-16-4-3-5-17-38)44-20-8-9-24-49(44)57)41-30-32-50-56(37-41)60(54-34-28-39-18-6-7-19-43(39)58(50)54)52-26-14-11-22-46(52)47-23-12-15-27-53(47)60/h3-37H,1-2H3. The van der Waals surface area contributed by atoms with Crippen LogP contribution in [0.4, 0.5) is 17.1 Å². The van der Waals surface area contributed by atoms with Crippen molar-refractivity contribution < 1.29 is 0 Å². The minimum absolute atomic E-state index is 0.144. The van der Waals surface area contributed by atoms with Crippen molar-refractivity contribution in [2.45, 2.75) is 24.7 Å². The monoisotopic (exact) mass is 775 g/mol. The van der Waals surface area contributed by atoms with E-state index in [2.05, 4.69) is 231 Å². The second kappa shape index (κ2) is 12.5. The largest absolute Gasteiger partial charge is 0.310 e. The Kier molecular flexibility index (Phi) is 7.06. The molecule has 0 saturated carbocycles. The molecule has 1 spiro atoms. The molecular formula is C60H41N. The Hall–Kier alpha value is -7.48. The number of fused-ring (bicyclic) bond motifs is 16. The smallest absolute Gasteiger partial charge is 0.0726 e. The van der Waals surface area contributed by atoms with Crippen LogP contribution >= 0.6 is 0 Å². The summed E-state index contributed by atoms with van der Waals surface area (Å²) in [4.78, 5) is 2.54. The van der Waals surface area contributed by atoms with Crippen LogP contribution in [0, 0.1) is 0 Å². The zero-order valence-corrected chi connectivity index (χ0v) is 34.2. The topological polar surface area (TPSA) is 3.24 Å². The van der Waals surface area contributed by atoms with Gasteiger partial charge in [-0.2, -0.15) is 0 Å². The summed E-state index contributed by atoms with van der Waals surface area (Å²) < 4.78 is 0. The van der Waals surface area contributed by atoms with Crippen molar-refractivity contribution in [3.63, 3.8) is 0 Å². The van der Waals surface area contributed by atoms with Crippen LogP contribution in [0.2, 0.25) is 0 Å². The Labute approximate surface area is 356 Å². The van der Waals surface area contributed by atoms with E-state index < -0.39 is 5.41 Å². The normalized spacial score (nSPS) is 14.3. The summed E-state index contributed by atoms with van der Waals surface area (Å²) in [5.74, 6) is 0. The highest BCUT2D eigenvalue weighted by atomic mass is 15.1. The van der Waals surface area contributed by atoms with Gasteiger partial charge in [0.05, 0.1) is 11.1 Å². The van der Waals surface area contributed by atoms with Gasteiger partial charge in [-0.25, -0.2) is 0 Å². The van der Waals surface area contributed by atoms with Crippen LogP contribution in [0.5, 0.6) is 0 Å². The Bertz CT molecular complexity index is 3420. The average molecular weight is 776 g/mol. The van der Waals surface area contributed by atoms with Crippen LogP contribution in [0.25, 0.3) is 66.1 Å². The molecule has 0 unspecified atom stereocenters. The van der Waals surface area contributed by atoms with E-state index >= 15 is 0 Å². The predicted octanol–water partition coefficient (Wildman–Crippen LogP) is 15.8. The minimum atomic E-state index is -0.482. The van der Waals surface area contributed by atoms with Gasteiger partial charge < -0.3 is 4.90 Å². The number of rotatable bonds is 4. The maximum absolute atomic E-state index is 2.54. The molecule has 61 heavy (non-hydrogen) atoms. The zero-order valence-electron chi connectivity index (χ0n) is 34.2. The number of anilines is 3. The lowest BCUT2D eigenvalue weighted by atomic mass is 9.70. The van der Waals surface area contributed by atoms with Crippen molar-refractivity contribution in [3.8, 4) is 44.5 Å². The fraction of sp³-hybridized carbons (Fsp3) is 0.0667. The molecule has 0 fully saturated rings. The molecule has 1 heteroatoms. The molecule has 3 aliphatic rings. The van der Waals surface area contributed by atoms with Crippen molar-refractivity contribution in [2.24, 2.45) is 0 Å². The Morgan fingerprint density at radius 2 is 0.852 bits per heavy atom. The lowest BCUT2D eigenvalue weighted by Crippen LogP contribution is -2.26. The maximum atomic E-state index is 2.54. The quantitative estimate of drug-likeness (QED) is 0.172. The number of hydrogen-bond acceptors (Lipinski definition) is 1. The Morgan fingerprint density at radius 1 is 0.328 bits per heavy atom. The highest BCUT2D eigenvalue weighted by Gasteiger charge is 2.52. The average Bonchev–Trinajstić information content (AvgIpc) is 3.88. The van der Waals surface area contributed by atoms with E-state index in [1.165, 1.54) is 99.4 Å². The highest BCUT2D eigenvalue weighted by Crippen LogP contribution is 2.64. The van der Waals surface area contributed by atoms with E-state index in [0.717, 1.165) is 17.1 Å². The molecule has 10 aromatic rings. The molecule has 0 N–H and O–H groups in total. The van der Waals surface area contributed by atoms with E-state index in [-0.39, 0.29) is 5.41 Å². The van der Waals surface area contributed by atoms with E-state index in [1.807, 2.05) is 0 Å². The van der Waals surface area contributed by atoms with Gasteiger partial charge in [0.15, 0.2) is 0 Å². The van der Waals surface area contributed by atoms with Gasteiger partial charge in [-0.05, 0) is 124 Å². The molecule has 13 rings (SSSR count). The fourth-order valence-corrected chi connectivity index (χ4v) is 11.6. The molecule has 286 valence electrons. The molecule has 0 amide bonds. The van der Waals surface area contributed by atoms with Gasteiger partial charge in [0.2, 0.25) is 0 Å². The van der Waals surface area contributed by atoms with E-state index in [4.69, 9.17) is 0 Å². The number of nitrogens with zero attached hydrogens (tertiary/aromatic N) is 1. The third kappa shape index (κ3) is 4.56. The summed E-state index contributed by atoms with van der Waals surface area (Å²) >= 11 is 0. The number of hydrogen-bond donors (Lipinski definition) is 0. The van der Waals surface area contributed by atoms with E-state index in [0.29, 0.717) is 0 Å². The summed E-state index contributed by atoms with van der Waals surface area (Å²) in [5.41, 5.74) is 21.3. The van der Waals surface area contributed by atoms with Crippen molar-refractivity contribution in [3.05, 3.63) is 246 Å². The summed E-state index contributed by atoms with van der Waals surface area (Å²) in [5, 5.41) is 5.02. The van der Waals surface area contributed by atoms with Crippen LogP contribution < -0.4 is 4.90 Å². The molecule has 0 aliphatic heterocycles. The van der Waals surface area contributed by atoms with Crippen molar-refractivity contribution in [1.82, 2.24) is 0 Å². The number of benzene rings is 10. The van der Waals surface area contributed by atoms with Crippen LogP contribution in [-0.2, 0) is 10.8 Å². The van der Waals surface area contributed by atoms with Crippen LogP contribution in [0.1, 0.15) is 47.2 Å². The summed E-state index contributed by atoms with van der Waals surface area (Å²) in [6.45, 7) is 4.76. The first-order chi connectivity index (χ1) is 30.0. The fourth-order valence-electron chi connectivity index (χ4n) is 11.6. The molecule has 0 heterocycles. The third-order valence-corrected chi connectivity index (χ3v) is 14.3. The molecular weight excluding hydrogens is 735 g/mol. The molecule has 0 aromatic heterocycles. The predicted molar refractivity (Wildman–Crippen MR) is 255 cm³/mol. The first kappa shape index (κ1) is 34.4. The first-order valence-corrected chi connectivity index (χ1v) is 21.5. The SMILES string of the molecule is CC1(C)c2ccccc2-c2ccc(N(c3ccc4c(c3)C3(c5ccccc5-c5ccccc53)c3ccc5ccccc5c3-4)c3ccc(-c4ccccc4)c4ccccc34)cc21. The van der Waals surface area contributed by atoms with E-state index in [9.17, 15) is 0 Å². The summed E-state index contributed by atoms with van der Waals surface area (Å²) in [7, 11) is 0. The van der Waals surface area contributed by atoms with Gasteiger partial charge in [0, 0.05) is 22.2 Å². The summed E-state index contributed by atoms with van der Waals surface area (Å²) in [6, 6.07) is 79.8. The molecule has 0 atom stereocenters. The second-order valence-electron chi connectivity index (χ2n) is 17.6. The Balaban J connectivity index is 1.12. The Morgan fingerprint density at radius 3 is 1.57 bits per heavy atom. The van der Waals surface area contributed by atoms with Gasteiger partial charge in [-0.1, -0.05) is 196 Å². The van der Waals surface area contributed by atoms with Gasteiger partial charge in [-0.15, -0.1) is 0 Å². The van der Waals surface area contributed by atoms with E-state index in [1.54, 1.807) is 0 Å². The lowest BCUT2D eigenvalue weighted by molar-refractivity contribution is 0.660. The van der Waals surface area contributed by atoms with Crippen molar-refractivity contribution >= 4 is 38.6 Å². The molecule has 0 radical (unpaired) electrons. The zero-order chi connectivity index (χ0) is 40.5. The molecule has 1 nitrogen and oxygen atoms in total. The molecule has 3 aliphatic carbocycles. The lowest BCUT2D eigenvalue weighted by Gasteiger charge is -2.33. The first-order valence-electron chi connectivity index (χ1n) is 21.5. The van der Waals surface area contributed by atoms with Gasteiger partial charge in [-0.3, -0.25) is 0 Å². The maximum Gasteiger partial charge on any atom is 0.0726 e. The van der Waals surface area contributed by atoms with Gasteiger partial charge in [0.25, 0.3) is 0 Å². The van der Waals surface area contributed by atoms with Gasteiger partial charge in [0.1, 0.15) is 0 Å². The third-order valence-electron chi connectivity index (χ3n) is 14.3. The molecule has 10 aromatic carbocycles. The van der Waals surface area contributed by atoms with Crippen LogP contribution in [0.15, 0.2) is 212 Å². The highest BCUT2D eigenvalue weighted by molar-refractivity contribution is 6.09. The minimum Gasteiger partial charge on any atom is -0.310 e. The second-order valence-corrected chi connectivity index (χ2v) is 17.6.